The summed E-state index contributed by atoms with van der Waals surface area (Å²) >= 11 is 8.06. The summed E-state index contributed by atoms with van der Waals surface area (Å²) < 4.78 is 16.7. The average molecular weight is 602 g/mol. The second-order valence-electron chi connectivity index (χ2n) is 6.68. The molecule has 182 valence electrons. The first-order valence-corrected chi connectivity index (χ1v) is 11.9. The average Bonchev–Trinajstić information content (AvgIpc) is 2.79. The van der Waals surface area contributed by atoms with Crippen LogP contribution in [0.4, 0.5) is 5.69 Å². The fourth-order valence-electron chi connectivity index (χ4n) is 2.64. The molecule has 2 N–H and O–H groups in total. The van der Waals surface area contributed by atoms with Crippen LogP contribution in [0.15, 0.2) is 41.5 Å². The number of halogens is 2. The largest absolute Gasteiger partial charge is 0.490 e. The maximum Gasteiger partial charge on any atom is 0.344 e. The third kappa shape index (κ3) is 9.18. The van der Waals surface area contributed by atoms with Crippen LogP contribution < -0.4 is 20.2 Å². The molecule has 0 aliphatic rings. The zero-order valence-corrected chi connectivity index (χ0v) is 21.6. The summed E-state index contributed by atoms with van der Waals surface area (Å²) in [7, 11) is 0. The molecular formula is C23H25ClIN3O6. The lowest BCUT2D eigenvalue weighted by Crippen LogP contribution is -2.20. The number of carbonyl (C=O) groups excluding carboxylic acids is 3. The number of hydrogen-bond acceptors (Lipinski definition) is 7. The quantitative estimate of drug-likeness (QED) is 0.163. The van der Waals surface area contributed by atoms with Crippen molar-refractivity contribution in [1.82, 2.24) is 5.43 Å². The highest BCUT2D eigenvalue weighted by Crippen LogP contribution is 2.34. The smallest absolute Gasteiger partial charge is 0.344 e. The number of para-hydroxylation sites is 1. The Balaban J connectivity index is 1.91. The number of nitrogens with one attached hydrogen (secondary N) is 2. The molecule has 0 saturated heterocycles. The minimum absolute atomic E-state index is 0.0224. The molecule has 34 heavy (non-hydrogen) atoms. The molecule has 0 radical (unpaired) electrons. The van der Waals surface area contributed by atoms with Crippen molar-refractivity contribution in [1.29, 1.82) is 0 Å². The molecule has 11 heteroatoms. The van der Waals surface area contributed by atoms with E-state index in [0.717, 1.165) is 0 Å². The molecule has 0 aliphatic carbocycles. The number of rotatable bonds is 12. The van der Waals surface area contributed by atoms with Crippen molar-refractivity contribution in [3.8, 4) is 11.5 Å². The summed E-state index contributed by atoms with van der Waals surface area (Å²) in [6.45, 7) is 3.96. The van der Waals surface area contributed by atoms with Crippen LogP contribution in [0.1, 0.15) is 32.3 Å². The SMILES string of the molecule is CCOC(=O)COc1c(I)cc(C=NNC(=O)CCC(=O)Nc2ccccc2Cl)cc1OCC. The first kappa shape index (κ1) is 27.4. The minimum Gasteiger partial charge on any atom is -0.490 e. The predicted octanol–water partition coefficient (Wildman–Crippen LogP) is 4.15. The molecule has 2 rings (SSSR count). The highest BCUT2D eigenvalue weighted by molar-refractivity contribution is 14.1. The molecule has 9 nitrogen and oxygen atoms in total. The van der Waals surface area contributed by atoms with Crippen LogP contribution in [-0.2, 0) is 19.1 Å². The molecule has 2 amide bonds. The summed E-state index contributed by atoms with van der Waals surface area (Å²) in [5, 5.41) is 7.01. The van der Waals surface area contributed by atoms with Crippen LogP contribution >= 0.6 is 34.2 Å². The van der Waals surface area contributed by atoms with Gasteiger partial charge in [-0.2, -0.15) is 5.10 Å². The highest BCUT2D eigenvalue weighted by Gasteiger charge is 2.14. The molecule has 0 aromatic heterocycles. The summed E-state index contributed by atoms with van der Waals surface area (Å²) in [5.74, 6) is -0.375. The number of benzene rings is 2. The zero-order valence-electron chi connectivity index (χ0n) is 18.7. The summed E-state index contributed by atoms with van der Waals surface area (Å²) in [5.41, 5.74) is 3.52. The summed E-state index contributed by atoms with van der Waals surface area (Å²) in [4.78, 5) is 35.6. The molecule has 0 spiro atoms. The van der Waals surface area contributed by atoms with Gasteiger partial charge in [-0.05, 0) is 66.3 Å². The van der Waals surface area contributed by atoms with Crippen molar-refractivity contribution in [3.63, 3.8) is 0 Å². The molecule has 2 aromatic rings. The van der Waals surface area contributed by atoms with Crippen molar-refractivity contribution < 1.29 is 28.6 Å². The molecular weight excluding hydrogens is 577 g/mol. The molecule has 0 heterocycles. The van der Waals surface area contributed by atoms with Crippen LogP contribution in [0.3, 0.4) is 0 Å². The Hall–Kier alpha value is -2.86. The first-order valence-electron chi connectivity index (χ1n) is 10.4. The lowest BCUT2D eigenvalue weighted by atomic mass is 10.2. The van der Waals surface area contributed by atoms with Crippen molar-refractivity contribution in [2.45, 2.75) is 26.7 Å². The van der Waals surface area contributed by atoms with Gasteiger partial charge in [0.15, 0.2) is 18.1 Å². The van der Waals surface area contributed by atoms with E-state index in [2.05, 4.69) is 38.4 Å². The van der Waals surface area contributed by atoms with Gasteiger partial charge in [-0.1, -0.05) is 23.7 Å². The van der Waals surface area contributed by atoms with Crippen LogP contribution in [0, 0.1) is 3.57 Å². The van der Waals surface area contributed by atoms with Gasteiger partial charge in [0, 0.05) is 12.8 Å². The molecule has 0 aliphatic heterocycles. The molecule has 0 unspecified atom stereocenters. The maximum atomic E-state index is 12.0. The first-order chi connectivity index (χ1) is 16.3. The Labute approximate surface area is 216 Å². The Morgan fingerprint density at radius 3 is 2.50 bits per heavy atom. The van der Waals surface area contributed by atoms with Gasteiger partial charge in [0.05, 0.1) is 33.7 Å². The van der Waals surface area contributed by atoms with E-state index < -0.39 is 11.9 Å². The number of nitrogens with zero attached hydrogens (tertiary/aromatic N) is 1. The lowest BCUT2D eigenvalue weighted by Gasteiger charge is -2.14. The number of hydrogen-bond donors (Lipinski definition) is 2. The van der Waals surface area contributed by atoms with Gasteiger partial charge in [0.1, 0.15) is 0 Å². The van der Waals surface area contributed by atoms with E-state index in [-0.39, 0.29) is 32.0 Å². The topological polar surface area (TPSA) is 115 Å². The Morgan fingerprint density at radius 2 is 1.79 bits per heavy atom. The number of carbonyl (C=O) groups is 3. The summed E-state index contributed by atoms with van der Waals surface area (Å²) in [6.07, 6.45) is 1.38. The van der Waals surface area contributed by atoms with E-state index in [1.165, 1.54) is 6.21 Å². The second-order valence-corrected chi connectivity index (χ2v) is 8.25. The minimum atomic E-state index is -0.477. The van der Waals surface area contributed by atoms with Crippen LogP contribution in [0.5, 0.6) is 11.5 Å². The molecule has 0 bridgehead atoms. The van der Waals surface area contributed by atoms with E-state index in [4.69, 9.17) is 25.8 Å². The van der Waals surface area contributed by atoms with Crippen molar-refractivity contribution in [3.05, 3.63) is 50.6 Å². The fraction of sp³-hybridized carbons (Fsp3) is 0.304. The van der Waals surface area contributed by atoms with Crippen molar-refractivity contribution >= 4 is 63.9 Å². The number of esters is 1. The Bertz CT molecular complexity index is 1050. The van der Waals surface area contributed by atoms with Gasteiger partial charge >= 0.3 is 5.97 Å². The third-order valence-corrected chi connectivity index (χ3v) is 5.23. The summed E-state index contributed by atoms with van der Waals surface area (Å²) in [6, 6.07) is 10.3. The maximum absolute atomic E-state index is 12.0. The molecule has 2 aromatic carbocycles. The van der Waals surface area contributed by atoms with Gasteiger partial charge in [-0.15, -0.1) is 0 Å². The lowest BCUT2D eigenvalue weighted by molar-refractivity contribution is -0.145. The normalized spacial score (nSPS) is 10.6. The predicted molar refractivity (Wildman–Crippen MR) is 138 cm³/mol. The van der Waals surface area contributed by atoms with Gasteiger partial charge < -0.3 is 19.5 Å². The van der Waals surface area contributed by atoms with Gasteiger partial charge in [-0.3, -0.25) is 9.59 Å². The zero-order chi connectivity index (χ0) is 24.9. The van der Waals surface area contributed by atoms with Crippen LogP contribution in [0.2, 0.25) is 5.02 Å². The van der Waals surface area contributed by atoms with E-state index in [9.17, 15) is 14.4 Å². The Morgan fingerprint density at radius 1 is 1.06 bits per heavy atom. The van der Waals surface area contributed by atoms with E-state index in [1.807, 2.05) is 6.92 Å². The van der Waals surface area contributed by atoms with Gasteiger partial charge in [-0.25, -0.2) is 10.2 Å². The van der Waals surface area contributed by atoms with Crippen LogP contribution in [-0.4, -0.2) is 43.8 Å². The van der Waals surface area contributed by atoms with Crippen molar-refractivity contribution in [2.75, 3.05) is 25.1 Å². The standard InChI is InChI=1S/C23H25ClIN3O6/c1-3-32-19-12-15(11-17(25)23(19)34-14-22(31)33-4-2)13-26-28-21(30)10-9-20(29)27-18-8-6-5-7-16(18)24/h5-8,11-13H,3-4,9-10,14H2,1-2H3,(H,27,29)(H,28,30). The fourth-order valence-corrected chi connectivity index (χ4v) is 3.60. The number of ether oxygens (including phenoxy) is 3. The number of anilines is 1. The second kappa shape index (κ2) is 14.4. The van der Waals surface area contributed by atoms with E-state index in [1.54, 1.807) is 43.3 Å². The number of amides is 2. The molecule has 0 fully saturated rings. The third-order valence-electron chi connectivity index (χ3n) is 4.10. The highest BCUT2D eigenvalue weighted by atomic mass is 127. The van der Waals surface area contributed by atoms with E-state index >= 15 is 0 Å². The number of hydrazone groups is 1. The van der Waals surface area contributed by atoms with Crippen LogP contribution in [0.25, 0.3) is 0 Å². The Kier molecular flexibility index (Phi) is 11.6. The van der Waals surface area contributed by atoms with Gasteiger partial charge in [0.25, 0.3) is 0 Å². The monoisotopic (exact) mass is 601 g/mol. The molecule has 0 saturated carbocycles. The van der Waals surface area contributed by atoms with E-state index in [0.29, 0.717) is 37.9 Å². The van der Waals surface area contributed by atoms with Gasteiger partial charge in [0.2, 0.25) is 11.8 Å². The van der Waals surface area contributed by atoms with Crippen molar-refractivity contribution in [2.24, 2.45) is 5.10 Å². The molecule has 0 atom stereocenters.